The maximum absolute atomic E-state index is 12.6. The molecule has 0 atom stereocenters. The number of rotatable bonds is 4. The van der Waals surface area contributed by atoms with Crippen LogP contribution in [0, 0.1) is 6.92 Å². The van der Waals surface area contributed by atoms with Gasteiger partial charge in [0.1, 0.15) is 10.8 Å². The summed E-state index contributed by atoms with van der Waals surface area (Å²) < 4.78 is 5.22. The summed E-state index contributed by atoms with van der Waals surface area (Å²) in [7, 11) is 1.62. The molecule has 6 nitrogen and oxygen atoms in total. The molecule has 1 aromatic carbocycles. The predicted molar refractivity (Wildman–Crippen MR) is 97.7 cm³/mol. The van der Waals surface area contributed by atoms with E-state index in [9.17, 15) is 4.79 Å². The number of nitrogens with zero attached hydrogens (tertiary/aromatic N) is 4. The van der Waals surface area contributed by atoms with Crippen LogP contribution < -0.4 is 4.74 Å². The van der Waals surface area contributed by atoms with Crippen LogP contribution in [0.3, 0.4) is 0 Å². The normalized spacial score (nSPS) is 18.0. The van der Waals surface area contributed by atoms with Gasteiger partial charge in [0.05, 0.1) is 12.0 Å². The molecule has 3 rings (SSSR count). The van der Waals surface area contributed by atoms with E-state index in [1.165, 1.54) is 23.1 Å². The van der Waals surface area contributed by atoms with Gasteiger partial charge in [-0.2, -0.15) is 4.99 Å². The highest BCUT2D eigenvalue weighted by Gasteiger charge is 2.32. The van der Waals surface area contributed by atoms with E-state index in [4.69, 9.17) is 4.74 Å². The Morgan fingerprint density at radius 3 is 2.88 bits per heavy atom. The fourth-order valence-electron chi connectivity index (χ4n) is 2.17. The Morgan fingerprint density at radius 2 is 2.21 bits per heavy atom. The summed E-state index contributed by atoms with van der Waals surface area (Å²) in [4.78, 5) is 19.3. The lowest BCUT2D eigenvalue weighted by Gasteiger charge is -2.11. The number of likely N-dealkylation sites (N-methyl/N-ethyl adjacent to an activating group) is 1. The van der Waals surface area contributed by atoms with Crippen LogP contribution in [-0.2, 0) is 4.79 Å². The molecule has 1 aliphatic heterocycles. The molecular formula is C16H16N4O2S2. The zero-order valence-electron chi connectivity index (χ0n) is 13.5. The molecule has 0 spiro atoms. The number of methoxy groups -OCH3 is 1. The number of hydrogen-bond donors (Lipinski definition) is 0. The number of carbonyl (C=O) groups excluding carboxylic acids is 1. The minimum absolute atomic E-state index is 0.0506. The second-order valence-electron chi connectivity index (χ2n) is 4.93. The SMILES string of the molecule is CCN1C(=O)/C(=C/c2cccc(OC)c2)S/C1=N/c1nnc(C)s1. The van der Waals surface area contributed by atoms with Crippen molar-refractivity contribution in [2.75, 3.05) is 13.7 Å². The number of thioether (sulfide) groups is 1. The third kappa shape index (κ3) is 3.49. The van der Waals surface area contributed by atoms with Crippen molar-refractivity contribution in [2.24, 2.45) is 4.99 Å². The number of hydrogen-bond acceptors (Lipinski definition) is 7. The van der Waals surface area contributed by atoms with E-state index in [0.29, 0.717) is 21.7 Å². The fraction of sp³-hybridized carbons (Fsp3) is 0.250. The van der Waals surface area contributed by atoms with Crippen LogP contribution in [0.2, 0.25) is 0 Å². The molecule has 1 amide bonds. The van der Waals surface area contributed by atoms with Crippen molar-refractivity contribution in [1.29, 1.82) is 0 Å². The Hall–Kier alpha value is -2.19. The number of benzene rings is 1. The summed E-state index contributed by atoms with van der Waals surface area (Å²) in [6.07, 6.45) is 1.85. The van der Waals surface area contributed by atoms with Crippen LogP contribution in [0.5, 0.6) is 5.75 Å². The monoisotopic (exact) mass is 360 g/mol. The molecule has 0 unspecified atom stereocenters. The van der Waals surface area contributed by atoms with Crippen molar-refractivity contribution < 1.29 is 9.53 Å². The molecule has 0 radical (unpaired) electrons. The third-order valence-corrected chi connectivity index (χ3v) is 5.04. The van der Waals surface area contributed by atoms with E-state index in [2.05, 4.69) is 15.2 Å². The summed E-state index contributed by atoms with van der Waals surface area (Å²) in [6.45, 7) is 4.35. The summed E-state index contributed by atoms with van der Waals surface area (Å²) >= 11 is 2.75. The zero-order valence-corrected chi connectivity index (χ0v) is 15.1. The van der Waals surface area contributed by atoms with E-state index in [-0.39, 0.29) is 5.91 Å². The topological polar surface area (TPSA) is 67.7 Å². The average molecular weight is 360 g/mol. The van der Waals surface area contributed by atoms with Gasteiger partial charge in [0, 0.05) is 6.54 Å². The van der Waals surface area contributed by atoms with Crippen molar-refractivity contribution in [3.63, 3.8) is 0 Å². The van der Waals surface area contributed by atoms with Crippen LogP contribution in [-0.4, -0.2) is 39.8 Å². The highest BCUT2D eigenvalue weighted by atomic mass is 32.2. The Labute approximate surface area is 148 Å². The number of aryl methyl sites for hydroxylation is 1. The van der Waals surface area contributed by atoms with Crippen LogP contribution in [0.1, 0.15) is 17.5 Å². The van der Waals surface area contributed by atoms with Crippen LogP contribution in [0.15, 0.2) is 34.2 Å². The minimum atomic E-state index is -0.0506. The lowest BCUT2D eigenvalue weighted by Crippen LogP contribution is -2.28. The van der Waals surface area contributed by atoms with Gasteiger partial charge in [-0.25, -0.2) is 0 Å². The lowest BCUT2D eigenvalue weighted by atomic mass is 10.2. The fourth-order valence-corrected chi connectivity index (χ4v) is 3.83. The van der Waals surface area contributed by atoms with Gasteiger partial charge >= 0.3 is 0 Å². The van der Waals surface area contributed by atoms with E-state index >= 15 is 0 Å². The maximum atomic E-state index is 12.6. The molecule has 0 N–H and O–H groups in total. The second kappa shape index (κ2) is 7.14. The second-order valence-corrected chi connectivity index (χ2v) is 7.10. The number of aromatic nitrogens is 2. The minimum Gasteiger partial charge on any atom is -0.497 e. The molecule has 0 saturated carbocycles. The van der Waals surface area contributed by atoms with Crippen LogP contribution in [0.25, 0.3) is 6.08 Å². The van der Waals surface area contributed by atoms with Gasteiger partial charge in [0.2, 0.25) is 5.13 Å². The smallest absolute Gasteiger partial charge is 0.266 e. The molecule has 0 aliphatic carbocycles. The van der Waals surface area contributed by atoms with Crippen molar-refractivity contribution in [1.82, 2.24) is 15.1 Å². The van der Waals surface area contributed by atoms with E-state index in [0.717, 1.165) is 16.3 Å². The molecule has 1 fully saturated rings. The number of ether oxygens (including phenoxy) is 1. The van der Waals surface area contributed by atoms with Gasteiger partial charge in [-0.15, -0.1) is 10.2 Å². The van der Waals surface area contributed by atoms with Gasteiger partial charge < -0.3 is 4.74 Å². The van der Waals surface area contributed by atoms with Crippen molar-refractivity contribution in [3.8, 4) is 5.75 Å². The van der Waals surface area contributed by atoms with Gasteiger partial charge in [-0.1, -0.05) is 23.5 Å². The molecule has 24 heavy (non-hydrogen) atoms. The first-order valence-corrected chi connectivity index (χ1v) is 8.98. The van der Waals surface area contributed by atoms with E-state index < -0.39 is 0 Å². The summed E-state index contributed by atoms with van der Waals surface area (Å²) in [5.41, 5.74) is 0.911. The maximum Gasteiger partial charge on any atom is 0.266 e. The van der Waals surface area contributed by atoms with Gasteiger partial charge in [0.25, 0.3) is 5.91 Å². The molecule has 1 saturated heterocycles. The van der Waals surface area contributed by atoms with Crippen LogP contribution in [0.4, 0.5) is 5.13 Å². The average Bonchev–Trinajstić information content (AvgIpc) is 3.11. The first-order chi connectivity index (χ1) is 11.6. The van der Waals surface area contributed by atoms with Crippen molar-refractivity contribution in [2.45, 2.75) is 13.8 Å². The van der Waals surface area contributed by atoms with Gasteiger partial charge in [0.15, 0.2) is 5.17 Å². The summed E-state index contributed by atoms with van der Waals surface area (Å²) in [6, 6.07) is 7.59. The Kier molecular flexibility index (Phi) is 4.96. The largest absolute Gasteiger partial charge is 0.497 e. The Balaban J connectivity index is 1.91. The number of amides is 1. The predicted octanol–water partition coefficient (Wildman–Crippen LogP) is 3.48. The van der Waals surface area contributed by atoms with Crippen molar-refractivity contribution >= 4 is 45.4 Å². The Morgan fingerprint density at radius 1 is 1.38 bits per heavy atom. The first kappa shape index (κ1) is 16.7. The lowest BCUT2D eigenvalue weighted by molar-refractivity contribution is -0.122. The molecule has 124 valence electrons. The zero-order chi connectivity index (χ0) is 17.1. The Bertz CT molecular complexity index is 829. The summed E-state index contributed by atoms with van der Waals surface area (Å²) in [5, 5.41) is 9.99. The number of carbonyl (C=O) groups is 1. The van der Waals surface area contributed by atoms with E-state index in [1.54, 1.807) is 12.0 Å². The molecular weight excluding hydrogens is 344 g/mol. The quantitative estimate of drug-likeness (QED) is 0.781. The number of amidine groups is 1. The molecule has 2 heterocycles. The van der Waals surface area contributed by atoms with Gasteiger partial charge in [-0.05, 0) is 49.4 Å². The standard InChI is InChI=1S/C16H16N4O2S2/c1-4-20-14(21)13(9-11-6-5-7-12(8-11)22-3)24-16(20)17-15-19-18-10(2)23-15/h5-9H,4H2,1-3H3/b13-9-,17-16+. The van der Waals surface area contributed by atoms with Crippen LogP contribution >= 0.6 is 23.1 Å². The third-order valence-electron chi connectivity index (χ3n) is 3.30. The van der Waals surface area contributed by atoms with E-state index in [1.807, 2.05) is 44.2 Å². The highest BCUT2D eigenvalue weighted by Crippen LogP contribution is 2.34. The molecule has 8 heteroatoms. The summed E-state index contributed by atoms with van der Waals surface area (Å²) in [5.74, 6) is 0.704. The first-order valence-electron chi connectivity index (χ1n) is 7.35. The molecule has 2 aromatic rings. The molecule has 0 bridgehead atoms. The molecule has 1 aromatic heterocycles. The number of aliphatic imine (C=N–C) groups is 1. The highest BCUT2D eigenvalue weighted by molar-refractivity contribution is 8.18. The van der Waals surface area contributed by atoms with Crippen molar-refractivity contribution in [3.05, 3.63) is 39.7 Å². The molecule has 1 aliphatic rings. The van der Waals surface area contributed by atoms with Gasteiger partial charge in [-0.3, -0.25) is 9.69 Å².